The lowest BCUT2D eigenvalue weighted by atomic mass is 9.93. The molecule has 4 nitrogen and oxygen atoms in total. The van der Waals surface area contributed by atoms with Crippen molar-refractivity contribution in [2.45, 2.75) is 19.3 Å². The van der Waals surface area contributed by atoms with Gasteiger partial charge in [-0.05, 0) is 18.6 Å². The molecule has 0 saturated carbocycles. The summed E-state index contributed by atoms with van der Waals surface area (Å²) in [6.07, 6.45) is 0.333. The number of carbonyl (C=O) groups excluding carboxylic acids is 1. The Bertz CT molecular complexity index is 678. The molecular weight excluding hydrogens is 274 g/mol. The molecule has 1 aromatic carbocycles. The number of hydrogen-bond acceptors (Lipinski definition) is 3. The van der Waals surface area contributed by atoms with Gasteiger partial charge in [-0.3, -0.25) is 9.48 Å². The van der Waals surface area contributed by atoms with E-state index >= 15 is 0 Å². The first-order valence-electron chi connectivity index (χ1n) is 6.61. The van der Waals surface area contributed by atoms with Crippen molar-refractivity contribution in [3.63, 3.8) is 0 Å². The Labute approximate surface area is 122 Å². The SMILES string of the molecule is Cc1nn(C)c(Cl)c1CC(=O)C1CNc2ccccc21. The number of nitrogens with zero attached hydrogens (tertiary/aromatic N) is 2. The minimum absolute atomic E-state index is 0.0955. The van der Waals surface area contributed by atoms with E-state index < -0.39 is 0 Å². The number of benzene rings is 1. The first-order chi connectivity index (χ1) is 9.58. The first kappa shape index (κ1) is 13.2. The number of rotatable bonds is 3. The van der Waals surface area contributed by atoms with Crippen LogP contribution in [0.5, 0.6) is 0 Å². The molecule has 0 fully saturated rings. The third-order valence-electron chi connectivity index (χ3n) is 3.84. The van der Waals surface area contributed by atoms with Gasteiger partial charge in [-0.25, -0.2) is 0 Å². The number of nitrogens with one attached hydrogen (secondary N) is 1. The van der Waals surface area contributed by atoms with Crippen LogP contribution in [0.2, 0.25) is 5.15 Å². The van der Waals surface area contributed by atoms with Gasteiger partial charge in [0.1, 0.15) is 10.9 Å². The zero-order chi connectivity index (χ0) is 14.3. The predicted molar refractivity (Wildman–Crippen MR) is 79.3 cm³/mol. The highest BCUT2D eigenvalue weighted by Crippen LogP contribution is 2.33. The molecule has 1 aliphatic heterocycles. The molecule has 1 aliphatic rings. The van der Waals surface area contributed by atoms with Gasteiger partial charge in [-0.1, -0.05) is 29.8 Å². The van der Waals surface area contributed by atoms with Crippen LogP contribution < -0.4 is 5.32 Å². The first-order valence-corrected chi connectivity index (χ1v) is 6.99. The maximum absolute atomic E-state index is 12.6. The van der Waals surface area contributed by atoms with E-state index in [-0.39, 0.29) is 11.7 Å². The van der Waals surface area contributed by atoms with Crippen LogP contribution in [0.1, 0.15) is 22.7 Å². The summed E-state index contributed by atoms with van der Waals surface area (Å²) in [5, 5.41) is 8.08. The van der Waals surface area contributed by atoms with Crippen molar-refractivity contribution < 1.29 is 4.79 Å². The monoisotopic (exact) mass is 289 g/mol. The van der Waals surface area contributed by atoms with Crippen LogP contribution in [-0.2, 0) is 18.3 Å². The molecule has 1 atom stereocenters. The number of carbonyl (C=O) groups is 1. The molecule has 0 amide bonds. The van der Waals surface area contributed by atoms with Crippen LogP contribution in [0.15, 0.2) is 24.3 Å². The van der Waals surface area contributed by atoms with E-state index in [1.54, 1.807) is 11.7 Å². The second-order valence-corrected chi connectivity index (χ2v) is 5.50. The van der Waals surface area contributed by atoms with E-state index in [2.05, 4.69) is 10.4 Å². The molecule has 3 rings (SSSR count). The van der Waals surface area contributed by atoms with Crippen LogP contribution in [0, 0.1) is 6.92 Å². The summed E-state index contributed by atoms with van der Waals surface area (Å²) in [6, 6.07) is 7.95. The Kier molecular flexibility index (Phi) is 3.26. The molecule has 1 unspecified atom stereocenters. The number of anilines is 1. The third-order valence-corrected chi connectivity index (χ3v) is 4.32. The van der Waals surface area contributed by atoms with E-state index in [0.717, 1.165) is 22.5 Å². The minimum Gasteiger partial charge on any atom is -0.384 e. The second kappa shape index (κ2) is 4.94. The number of para-hydroxylation sites is 1. The van der Waals surface area contributed by atoms with E-state index in [9.17, 15) is 4.79 Å². The second-order valence-electron chi connectivity index (χ2n) is 5.14. The molecule has 0 spiro atoms. The molecule has 0 aliphatic carbocycles. The number of ketones is 1. The fraction of sp³-hybridized carbons (Fsp3) is 0.333. The van der Waals surface area contributed by atoms with Gasteiger partial charge < -0.3 is 5.32 Å². The largest absolute Gasteiger partial charge is 0.384 e. The van der Waals surface area contributed by atoms with E-state index in [1.807, 2.05) is 31.2 Å². The summed E-state index contributed by atoms with van der Waals surface area (Å²) in [7, 11) is 1.79. The lowest BCUT2D eigenvalue weighted by Crippen LogP contribution is -2.17. The number of Topliss-reactive ketones (excluding diaryl/α,β-unsaturated/α-hetero) is 1. The lowest BCUT2D eigenvalue weighted by Gasteiger charge is -2.09. The van der Waals surface area contributed by atoms with Crippen molar-refractivity contribution in [2.24, 2.45) is 7.05 Å². The Morgan fingerprint density at radius 2 is 2.25 bits per heavy atom. The van der Waals surface area contributed by atoms with Crippen LogP contribution in [0.25, 0.3) is 0 Å². The lowest BCUT2D eigenvalue weighted by molar-refractivity contribution is -0.119. The van der Waals surface area contributed by atoms with Gasteiger partial charge in [0, 0.05) is 31.3 Å². The van der Waals surface area contributed by atoms with Crippen molar-refractivity contribution in [2.75, 3.05) is 11.9 Å². The number of hydrogen-bond donors (Lipinski definition) is 1. The molecule has 20 heavy (non-hydrogen) atoms. The number of halogens is 1. The van der Waals surface area contributed by atoms with Crippen LogP contribution in [0.3, 0.4) is 0 Å². The smallest absolute Gasteiger partial charge is 0.146 e. The summed E-state index contributed by atoms with van der Waals surface area (Å²) >= 11 is 6.20. The number of aryl methyl sites for hydroxylation is 2. The van der Waals surface area contributed by atoms with Crippen molar-refractivity contribution in [3.05, 3.63) is 46.2 Å². The maximum Gasteiger partial charge on any atom is 0.146 e. The number of fused-ring (bicyclic) bond motifs is 1. The third kappa shape index (κ3) is 2.10. The average molecular weight is 290 g/mol. The summed E-state index contributed by atoms with van der Waals surface area (Å²) in [5.41, 5.74) is 3.80. The van der Waals surface area contributed by atoms with Crippen molar-refractivity contribution in [1.29, 1.82) is 0 Å². The summed E-state index contributed by atoms with van der Waals surface area (Å²) < 4.78 is 1.61. The van der Waals surface area contributed by atoms with Crippen LogP contribution >= 0.6 is 11.6 Å². The summed E-state index contributed by atoms with van der Waals surface area (Å²) in [4.78, 5) is 12.6. The van der Waals surface area contributed by atoms with Crippen molar-refractivity contribution >= 4 is 23.1 Å². The van der Waals surface area contributed by atoms with Gasteiger partial charge in [-0.15, -0.1) is 0 Å². The van der Waals surface area contributed by atoms with E-state index in [1.165, 1.54) is 0 Å². The Balaban J connectivity index is 1.85. The summed E-state index contributed by atoms with van der Waals surface area (Å²) in [5.74, 6) is 0.0855. The number of aromatic nitrogens is 2. The van der Waals surface area contributed by atoms with E-state index in [0.29, 0.717) is 18.1 Å². The van der Waals surface area contributed by atoms with Gasteiger partial charge in [0.2, 0.25) is 0 Å². The van der Waals surface area contributed by atoms with Gasteiger partial charge in [0.25, 0.3) is 0 Å². The van der Waals surface area contributed by atoms with Gasteiger partial charge in [-0.2, -0.15) is 5.10 Å². The molecule has 5 heteroatoms. The van der Waals surface area contributed by atoms with Crippen molar-refractivity contribution in [1.82, 2.24) is 9.78 Å². The molecule has 104 valence electrons. The Morgan fingerprint density at radius 1 is 1.50 bits per heavy atom. The minimum atomic E-state index is -0.0955. The zero-order valence-corrected chi connectivity index (χ0v) is 12.2. The molecule has 0 saturated heterocycles. The summed E-state index contributed by atoms with van der Waals surface area (Å²) in [6.45, 7) is 2.55. The molecule has 2 aromatic rings. The normalized spacial score (nSPS) is 16.9. The predicted octanol–water partition coefficient (Wildman–Crippen LogP) is 2.70. The Hall–Kier alpha value is -1.81. The highest BCUT2D eigenvalue weighted by atomic mass is 35.5. The molecule has 0 radical (unpaired) electrons. The standard InChI is InChI=1S/C15H16ClN3O/c1-9-11(15(16)19(2)18-9)7-14(20)12-8-17-13-6-4-3-5-10(12)13/h3-6,12,17H,7-8H2,1-2H3. The van der Waals surface area contributed by atoms with Gasteiger partial charge in [0.15, 0.2) is 0 Å². The molecule has 2 heterocycles. The van der Waals surface area contributed by atoms with Gasteiger partial charge in [0.05, 0.1) is 11.6 Å². The highest BCUT2D eigenvalue weighted by Gasteiger charge is 2.29. The quantitative estimate of drug-likeness (QED) is 0.945. The van der Waals surface area contributed by atoms with Crippen molar-refractivity contribution in [3.8, 4) is 0 Å². The highest BCUT2D eigenvalue weighted by molar-refractivity contribution is 6.30. The maximum atomic E-state index is 12.6. The molecular formula is C15H16ClN3O. The van der Waals surface area contributed by atoms with Gasteiger partial charge >= 0.3 is 0 Å². The average Bonchev–Trinajstić information content (AvgIpc) is 2.96. The zero-order valence-electron chi connectivity index (χ0n) is 11.5. The van der Waals surface area contributed by atoms with Crippen LogP contribution in [-0.4, -0.2) is 22.1 Å². The fourth-order valence-electron chi connectivity index (χ4n) is 2.74. The molecule has 0 bridgehead atoms. The van der Waals surface area contributed by atoms with E-state index in [4.69, 9.17) is 11.6 Å². The fourth-order valence-corrected chi connectivity index (χ4v) is 2.98. The molecule has 1 N–H and O–H groups in total. The van der Waals surface area contributed by atoms with Crippen LogP contribution in [0.4, 0.5) is 5.69 Å². The topological polar surface area (TPSA) is 46.9 Å². The Morgan fingerprint density at radius 3 is 2.95 bits per heavy atom. The molecule has 1 aromatic heterocycles.